The van der Waals surface area contributed by atoms with Crippen molar-refractivity contribution in [3.63, 3.8) is 0 Å². The summed E-state index contributed by atoms with van der Waals surface area (Å²) in [4.78, 5) is 28.7. The SMILES string of the molecule is CCCCn1c(N)c(N(CCOC)CC(O)COc2ccccc2C)c(=O)[nH]c1=O. The van der Waals surface area contributed by atoms with Gasteiger partial charge in [-0.15, -0.1) is 0 Å². The summed E-state index contributed by atoms with van der Waals surface area (Å²) in [6.45, 7) is 5.10. The number of aliphatic hydroxyl groups is 1. The van der Waals surface area contributed by atoms with Gasteiger partial charge in [0.05, 0.1) is 6.61 Å². The molecule has 166 valence electrons. The van der Waals surface area contributed by atoms with Crippen molar-refractivity contribution in [1.82, 2.24) is 9.55 Å². The average molecular weight is 421 g/mol. The number of hydrogen-bond donors (Lipinski definition) is 3. The number of nitrogen functional groups attached to an aromatic ring is 1. The molecule has 0 aliphatic heterocycles. The quantitative estimate of drug-likeness (QED) is 0.470. The first-order valence-corrected chi connectivity index (χ1v) is 10.1. The van der Waals surface area contributed by atoms with E-state index in [1.807, 2.05) is 38.1 Å². The fourth-order valence-corrected chi connectivity index (χ4v) is 3.13. The van der Waals surface area contributed by atoms with Crippen molar-refractivity contribution >= 4 is 11.5 Å². The van der Waals surface area contributed by atoms with Crippen LogP contribution in [0.15, 0.2) is 33.9 Å². The third kappa shape index (κ3) is 6.11. The van der Waals surface area contributed by atoms with Crippen molar-refractivity contribution < 1.29 is 14.6 Å². The number of anilines is 2. The molecule has 0 saturated carbocycles. The molecule has 1 heterocycles. The van der Waals surface area contributed by atoms with E-state index in [9.17, 15) is 14.7 Å². The molecule has 2 rings (SSSR count). The van der Waals surface area contributed by atoms with E-state index < -0.39 is 17.4 Å². The molecule has 1 unspecified atom stereocenters. The highest BCUT2D eigenvalue weighted by Crippen LogP contribution is 2.19. The molecule has 0 spiro atoms. The molecular weight excluding hydrogens is 388 g/mol. The molecule has 0 aliphatic rings. The van der Waals surface area contributed by atoms with Crippen LogP contribution in [0.2, 0.25) is 0 Å². The number of methoxy groups -OCH3 is 1. The zero-order chi connectivity index (χ0) is 22.1. The van der Waals surface area contributed by atoms with Gasteiger partial charge < -0.3 is 25.2 Å². The Bertz CT molecular complexity index is 924. The van der Waals surface area contributed by atoms with Crippen LogP contribution in [0.4, 0.5) is 11.5 Å². The van der Waals surface area contributed by atoms with Crippen LogP contribution in [0.5, 0.6) is 5.75 Å². The third-order valence-electron chi connectivity index (χ3n) is 4.79. The molecule has 0 saturated heterocycles. The van der Waals surface area contributed by atoms with Crippen molar-refractivity contribution in [3.05, 3.63) is 50.7 Å². The number of para-hydroxylation sites is 1. The number of rotatable bonds is 12. The normalized spacial score (nSPS) is 12.0. The lowest BCUT2D eigenvalue weighted by molar-refractivity contribution is 0.110. The molecule has 30 heavy (non-hydrogen) atoms. The first kappa shape index (κ1) is 23.5. The smallest absolute Gasteiger partial charge is 0.330 e. The van der Waals surface area contributed by atoms with Crippen molar-refractivity contribution in [2.45, 2.75) is 39.3 Å². The molecule has 9 nitrogen and oxygen atoms in total. The molecule has 0 aliphatic carbocycles. The van der Waals surface area contributed by atoms with E-state index in [-0.39, 0.29) is 24.7 Å². The zero-order valence-electron chi connectivity index (χ0n) is 17.9. The fourth-order valence-electron chi connectivity index (χ4n) is 3.13. The van der Waals surface area contributed by atoms with Crippen molar-refractivity contribution in [3.8, 4) is 5.75 Å². The van der Waals surface area contributed by atoms with Crippen LogP contribution in [0, 0.1) is 6.92 Å². The minimum Gasteiger partial charge on any atom is -0.491 e. The summed E-state index contributed by atoms with van der Waals surface area (Å²) < 4.78 is 12.2. The molecule has 2 aromatic rings. The number of hydrogen-bond acceptors (Lipinski definition) is 7. The highest BCUT2D eigenvalue weighted by molar-refractivity contribution is 5.62. The molecule has 0 amide bonds. The fraction of sp³-hybridized carbons (Fsp3) is 0.524. The van der Waals surface area contributed by atoms with Gasteiger partial charge in [-0.2, -0.15) is 0 Å². The van der Waals surface area contributed by atoms with Crippen LogP contribution in [-0.2, 0) is 11.3 Å². The van der Waals surface area contributed by atoms with Gasteiger partial charge >= 0.3 is 5.69 Å². The largest absolute Gasteiger partial charge is 0.491 e. The summed E-state index contributed by atoms with van der Waals surface area (Å²) >= 11 is 0. The second-order valence-corrected chi connectivity index (χ2v) is 7.17. The maximum atomic E-state index is 12.6. The molecule has 0 fully saturated rings. The van der Waals surface area contributed by atoms with E-state index in [0.717, 1.165) is 18.4 Å². The first-order chi connectivity index (χ1) is 14.4. The number of aromatic nitrogens is 2. The Labute approximate surface area is 176 Å². The molecule has 0 bridgehead atoms. The average Bonchev–Trinajstić information content (AvgIpc) is 2.71. The lowest BCUT2D eigenvalue weighted by Crippen LogP contribution is -2.43. The number of benzene rings is 1. The highest BCUT2D eigenvalue weighted by Gasteiger charge is 2.21. The van der Waals surface area contributed by atoms with Crippen LogP contribution in [0.1, 0.15) is 25.3 Å². The number of nitrogens with zero attached hydrogens (tertiary/aromatic N) is 2. The van der Waals surface area contributed by atoms with Gasteiger partial charge in [0.15, 0.2) is 0 Å². The van der Waals surface area contributed by atoms with E-state index in [1.54, 1.807) is 12.0 Å². The Hall–Kier alpha value is -2.78. The Morgan fingerprint density at radius 2 is 2.03 bits per heavy atom. The number of nitrogens with two attached hydrogens (primary N) is 1. The number of ether oxygens (including phenoxy) is 2. The topological polar surface area (TPSA) is 123 Å². The maximum Gasteiger partial charge on any atom is 0.330 e. The van der Waals surface area contributed by atoms with Gasteiger partial charge in [0.1, 0.15) is 30.0 Å². The Morgan fingerprint density at radius 3 is 2.70 bits per heavy atom. The van der Waals surface area contributed by atoms with E-state index >= 15 is 0 Å². The van der Waals surface area contributed by atoms with Crippen molar-refractivity contribution in [2.75, 3.05) is 44.0 Å². The predicted molar refractivity (Wildman–Crippen MR) is 117 cm³/mol. The molecule has 0 radical (unpaired) electrons. The van der Waals surface area contributed by atoms with Gasteiger partial charge in [0, 0.05) is 26.7 Å². The van der Waals surface area contributed by atoms with Gasteiger partial charge in [0.25, 0.3) is 5.56 Å². The molecule has 1 aromatic carbocycles. The number of H-pyrrole nitrogens is 1. The number of unbranched alkanes of at least 4 members (excludes halogenated alkanes) is 1. The molecule has 1 aromatic heterocycles. The Balaban J connectivity index is 2.23. The summed E-state index contributed by atoms with van der Waals surface area (Å²) in [6, 6.07) is 7.52. The summed E-state index contributed by atoms with van der Waals surface area (Å²) in [5.41, 5.74) is 6.19. The van der Waals surface area contributed by atoms with Crippen LogP contribution in [0.3, 0.4) is 0 Å². The van der Waals surface area contributed by atoms with Gasteiger partial charge in [-0.3, -0.25) is 14.3 Å². The van der Waals surface area contributed by atoms with Crippen LogP contribution in [0.25, 0.3) is 0 Å². The van der Waals surface area contributed by atoms with Crippen molar-refractivity contribution in [2.24, 2.45) is 0 Å². The zero-order valence-corrected chi connectivity index (χ0v) is 17.9. The summed E-state index contributed by atoms with van der Waals surface area (Å²) in [5, 5.41) is 10.6. The number of aliphatic hydroxyl groups excluding tert-OH is 1. The molecular formula is C21H32N4O5. The predicted octanol–water partition coefficient (Wildman–Crippen LogP) is 1.12. The van der Waals surface area contributed by atoms with Gasteiger partial charge in [-0.1, -0.05) is 31.5 Å². The Kier molecular flexibility index (Phi) is 8.94. The number of nitrogens with one attached hydrogen (secondary N) is 1. The lowest BCUT2D eigenvalue weighted by atomic mass is 10.2. The maximum absolute atomic E-state index is 12.6. The van der Waals surface area contributed by atoms with E-state index in [0.29, 0.717) is 25.4 Å². The third-order valence-corrected chi connectivity index (χ3v) is 4.79. The monoisotopic (exact) mass is 420 g/mol. The Morgan fingerprint density at radius 1 is 1.30 bits per heavy atom. The summed E-state index contributed by atoms with van der Waals surface area (Å²) in [6.07, 6.45) is 0.736. The minimum absolute atomic E-state index is 0.0433. The van der Waals surface area contributed by atoms with Crippen LogP contribution < -0.4 is 26.6 Å². The molecule has 9 heteroatoms. The lowest BCUT2D eigenvalue weighted by Gasteiger charge is -2.28. The van der Waals surface area contributed by atoms with E-state index in [4.69, 9.17) is 15.2 Å². The molecule has 1 atom stereocenters. The second kappa shape index (κ2) is 11.4. The van der Waals surface area contributed by atoms with E-state index in [2.05, 4.69) is 4.98 Å². The second-order valence-electron chi connectivity index (χ2n) is 7.17. The first-order valence-electron chi connectivity index (χ1n) is 10.1. The minimum atomic E-state index is -0.892. The summed E-state index contributed by atoms with van der Waals surface area (Å²) in [5.74, 6) is 0.769. The van der Waals surface area contributed by atoms with E-state index in [1.165, 1.54) is 4.57 Å². The molecule has 4 N–H and O–H groups in total. The van der Waals surface area contributed by atoms with Gasteiger partial charge in [-0.05, 0) is 25.0 Å². The number of aryl methyl sites for hydroxylation is 1. The van der Waals surface area contributed by atoms with Gasteiger partial charge in [-0.25, -0.2) is 4.79 Å². The standard InChI is InChI=1S/C21H32N4O5/c1-4-5-10-25-19(22)18(20(27)23-21(25)28)24(11-12-29-3)13-16(26)14-30-17-9-7-6-8-15(17)2/h6-9,16,26H,4-5,10-14,22H2,1-3H3,(H,23,27,28). The highest BCUT2D eigenvalue weighted by atomic mass is 16.5. The van der Waals surface area contributed by atoms with Crippen molar-refractivity contribution in [1.29, 1.82) is 0 Å². The number of aromatic amines is 1. The van der Waals surface area contributed by atoms with Crippen LogP contribution >= 0.6 is 0 Å². The summed E-state index contributed by atoms with van der Waals surface area (Å²) in [7, 11) is 1.55. The van der Waals surface area contributed by atoms with Gasteiger partial charge in [0.2, 0.25) is 0 Å². The van der Waals surface area contributed by atoms with Crippen LogP contribution in [-0.4, -0.2) is 54.2 Å².